The van der Waals surface area contributed by atoms with Gasteiger partial charge in [0.05, 0.1) is 13.2 Å². The molecule has 2 aromatic rings. The molecule has 2 aromatic carbocycles. The molecule has 5 heteroatoms. The molecule has 0 heterocycles. The van der Waals surface area contributed by atoms with Crippen molar-refractivity contribution in [3.63, 3.8) is 0 Å². The Balaban J connectivity index is 1.46. The molecule has 2 N–H and O–H groups in total. The zero-order chi connectivity index (χ0) is 25.9. The van der Waals surface area contributed by atoms with Crippen molar-refractivity contribution in [2.24, 2.45) is 11.8 Å². The van der Waals surface area contributed by atoms with Gasteiger partial charge in [-0.25, -0.2) is 0 Å². The first-order chi connectivity index (χ1) is 17.9. The highest BCUT2D eigenvalue weighted by Crippen LogP contribution is 2.49. The van der Waals surface area contributed by atoms with E-state index in [1.807, 2.05) is 42.5 Å². The van der Waals surface area contributed by atoms with Crippen molar-refractivity contribution in [2.45, 2.75) is 70.3 Å². The third-order valence-electron chi connectivity index (χ3n) is 8.51. The standard InChI is InChI=1S/C32H37NO4/c1-20-18-29(21-6-9-23(10-7-21)32(36)33-25-12-15-27(37-2)16-13-25)31-22(4-3-5-30(20)35)8-11-24-19-26(34)14-17-28(24)31/h6-7,9-10,12-13,15-16,19-20,22,29-30,35H,3-5,8,11,14,17-18H2,1-2H3,(H,33,36). The maximum atomic E-state index is 12.9. The minimum Gasteiger partial charge on any atom is -0.497 e. The molecule has 4 atom stereocenters. The summed E-state index contributed by atoms with van der Waals surface area (Å²) in [5.41, 5.74) is 6.63. The quantitative estimate of drug-likeness (QED) is 0.497. The van der Waals surface area contributed by atoms with E-state index < -0.39 is 0 Å². The van der Waals surface area contributed by atoms with E-state index in [0.29, 0.717) is 17.9 Å². The summed E-state index contributed by atoms with van der Waals surface area (Å²) in [6, 6.07) is 15.3. The Labute approximate surface area is 219 Å². The van der Waals surface area contributed by atoms with Gasteiger partial charge in [0.2, 0.25) is 0 Å². The molecule has 0 aliphatic heterocycles. The van der Waals surface area contributed by atoms with Gasteiger partial charge in [-0.05, 0) is 110 Å². The fourth-order valence-electron chi connectivity index (χ4n) is 6.42. The number of fused-ring (bicyclic) bond motifs is 2. The van der Waals surface area contributed by atoms with Crippen molar-refractivity contribution in [1.82, 2.24) is 0 Å². The van der Waals surface area contributed by atoms with E-state index in [1.165, 1.54) is 22.3 Å². The molecule has 1 amide bonds. The van der Waals surface area contributed by atoms with Gasteiger partial charge in [-0.15, -0.1) is 0 Å². The lowest BCUT2D eigenvalue weighted by Gasteiger charge is -2.37. The molecule has 0 saturated heterocycles. The summed E-state index contributed by atoms with van der Waals surface area (Å²) in [7, 11) is 1.62. The van der Waals surface area contributed by atoms with Gasteiger partial charge in [0.1, 0.15) is 5.75 Å². The minimum absolute atomic E-state index is 0.149. The molecule has 1 saturated carbocycles. The van der Waals surface area contributed by atoms with Crippen molar-refractivity contribution in [3.05, 3.63) is 82.5 Å². The zero-order valence-corrected chi connectivity index (χ0v) is 21.8. The zero-order valence-electron chi connectivity index (χ0n) is 21.8. The predicted molar refractivity (Wildman–Crippen MR) is 146 cm³/mol. The van der Waals surface area contributed by atoms with Gasteiger partial charge in [-0.3, -0.25) is 9.59 Å². The normalized spacial score (nSPS) is 26.1. The molecule has 1 fully saturated rings. The number of ketones is 1. The second-order valence-electron chi connectivity index (χ2n) is 10.9. The highest BCUT2D eigenvalue weighted by Gasteiger charge is 2.36. The van der Waals surface area contributed by atoms with Crippen molar-refractivity contribution < 1.29 is 19.4 Å². The van der Waals surface area contributed by atoms with Gasteiger partial charge in [-0.1, -0.05) is 31.1 Å². The number of hydrogen-bond acceptors (Lipinski definition) is 4. The van der Waals surface area contributed by atoms with Crippen LogP contribution in [0.2, 0.25) is 0 Å². The van der Waals surface area contributed by atoms with Crippen molar-refractivity contribution in [3.8, 4) is 5.75 Å². The lowest BCUT2D eigenvalue weighted by atomic mass is 9.67. The maximum absolute atomic E-state index is 12.9. The number of aliphatic hydroxyl groups is 1. The smallest absolute Gasteiger partial charge is 0.255 e. The number of benzene rings is 2. The fraction of sp³-hybridized carbons (Fsp3) is 0.438. The van der Waals surface area contributed by atoms with Gasteiger partial charge >= 0.3 is 0 Å². The molecule has 0 bridgehead atoms. The summed E-state index contributed by atoms with van der Waals surface area (Å²) in [5, 5.41) is 13.8. The third-order valence-corrected chi connectivity index (χ3v) is 8.51. The summed E-state index contributed by atoms with van der Waals surface area (Å²) in [5.74, 6) is 1.68. The number of amides is 1. The van der Waals surface area contributed by atoms with E-state index in [0.717, 1.165) is 56.4 Å². The summed E-state index contributed by atoms with van der Waals surface area (Å²) >= 11 is 0. The Morgan fingerprint density at radius 3 is 2.46 bits per heavy atom. The van der Waals surface area contributed by atoms with Gasteiger partial charge < -0.3 is 15.2 Å². The molecular weight excluding hydrogens is 462 g/mol. The van der Waals surface area contributed by atoms with Crippen LogP contribution in [-0.4, -0.2) is 30.0 Å². The molecule has 0 radical (unpaired) electrons. The minimum atomic E-state index is -0.300. The molecule has 3 aliphatic rings. The highest BCUT2D eigenvalue weighted by atomic mass is 16.5. The molecule has 4 unspecified atom stereocenters. The second-order valence-corrected chi connectivity index (χ2v) is 10.9. The van der Waals surface area contributed by atoms with E-state index in [-0.39, 0.29) is 29.6 Å². The molecule has 194 valence electrons. The lowest BCUT2D eigenvalue weighted by molar-refractivity contribution is -0.114. The Bertz CT molecular complexity index is 1210. The monoisotopic (exact) mass is 499 g/mol. The Morgan fingerprint density at radius 2 is 1.73 bits per heavy atom. The van der Waals surface area contributed by atoms with Crippen LogP contribution in [0.5, 0.6) is 5.75 Å². The van der Waals surface area contributed by atoms with Gasteiger partial charge in [-0.2, -0.15) is 0 Å². The van der Waals surface area contributed by atoms with Crippen molar-refractivity contribution >= 4 is 17.4 Å². The predicted octanol–water partition coefficient (Wildman–Crippen LogP) is 6.60. The number of methoxy groups -OCH3 is 1. The number of nitrogens with one attached hydrogen (secondary N) is 1. The van der Waals surface area contributed by atoms with Gasteiger partial charge in [0, 0.05) is 23.6 Å². The topological polar surface area (TPSA) is 75.6 Å². The van der Waals surface area contributed by atoms with E-state index >= 15 is 0 Å². The Hall–Kier alpha value is -3.18. The van der Waals surface area contributed by atoms with Gasteiger partial charge in [0.15, 0.2) is 5.78 Å². The average Bonchev–Trinajstić information content (AvgIpc) is 2.97. The lowest BCUT2D eigenvalue weighted by Crippen LogP contribution is -2.24. The van der Waals surface area contributed by atoms with Crippen molar-refractivity contribution in [1.29, 1.82) is 0 Å². The number of carbonyl (C=O) groups excluding carboxylic acids is 2. The third kappa shape index (κ3) is 5.57. The number of rotatable bonds is 4. The van der Waals surface area contributed by atoms with E-state index in [9.17, 15) is 14.7 Å². The first kappa shape index (κ1) is 25.5. The van der Waals surface area contributed by atoms with E-state index in [4.69, 9.17) is 4.74 Å². The van der Waals surface area contributed by atoms with Crippen LogP contribution in [-0.2, 0) is 4.79 Å². The maximum Gasteiger partial charge on any atom is 0.255 e. The second kappa shape index (κ2) is 11.1. The summed E-state index contributed by atoms with van der Waals surface area (Å²) < 4.78 is 5.19. The molecule has 37 heavy (non-hydrogen) atoms. The number of hydrogen-bond donors (Lipinski definition) is 2. The Kier molecular flexibility index (Phi) is 7.61. The van der Waals surface area contributed by atoms with E-state index in [2.05, 4.69) is 24.4 Å². The van der Waals surface area contributed by atoms with Crippen LogP contribution < -0.4 is 10.1 Å². The highest BCUT2D eigenvalue weighted by molar-refractivity contribution is 6.04. The van der Waals surface area contributed by atoms with Crippen LogP contribution in [0.15, 0.2) is 71.3 Å². The molecular formula is C32H37NO4. The van der Waals surface area contributed by atoms with Crippen LogP contribution in [0, 0.1) is 11.8 Å². The molecule has 3 aliphatic carbocycles. The summed E-state index contributed by atoms with van der Waals surface area (Å²) in [4.78, 5) is 25.1. The average molecular weight is 500 g/mol. The number of ether oxygens (including phenoxy) is 1. The van der Waals surface area contributed by atoms with Crippen LogP contribution in [0.25, 0.3) is 0 Å². The van der Waals surface area contributed by atoms with Gasteiger partial charge in [0.25, 0.3) is 5.91 Å². The van der Waals surface area contributed by atoms with Crippen LogP contribution >= 0.6 is 0 Å². The summed E-state index contributed by atoms with van der Waals surface area (Å²) in [6.07, 6.45) is 8.88. The summed E-state index contributed by atoms with van der Waals surface area (Å²) in [6.45, 7) is 2.16. The first-order valence-corrected chi connectivity index (χ1v) is 13.6. The number of allylic oxidation sites excluding steroid dienone is 4. The largest absolute Gasteiger partial charge is 0.497 e. The van der Waals surface area contributed by atoms with Crippen LogP contribution in [0.1, 0.15) is 80.1 Å². The van der Waals surface area contributed by atoms with Crippen LogP contribution in [0.3, 0.4) is 0 Å². The van der Waals surface area contributed by atoms with Crippen molar-refractivity contribution in [2.75, 3.05) is 12.4 Å². The fourth-order valence-corrected chi connectivity index (χ4v) is 6.42. The number of anilines is 1. The number of carbonyl (C=O) groups is 2. The first-order valence-electron chi connectivity index (χ1n) is 13.6. The van der Waals surface area contributed by atoms with E-state index in [1.54, 1.807) is 7.11 Å². The SMILES string of the molecule is COc1ccc(NC(=O)c2ccc(C3CC(C)C(O)CCCC4CCC5=CC(=O)CCC5=C43)cc2)cc1. The molecule has 5 nitrogen and oxygen atoms in total. The molecule has 5 rings (SSSR count). The molecule has 0 spiro atoms. The number of aliphatic hydroxyl groups excluding tert-OH is 1. The van der Waals surface area contributed by atoms with Crippen LogP contribution in [0.4, 0.5) is 5.69 Å². The Morgan fingerprint density at radius 1 is 0.973 bits per heavy atom. The molecule has 0 aromatic heterocycles.